The molecule has 0 amide bonds. The highest BCUT2D eigenvalue weighted by molar-refractivity contribution is 6.32. The number of nitrogens with zero attached hydrogens (tertiary/aromatic N) is 4. The number of ether oxygens (including phenoxy) is 1. The second-order valence-electron chi connectivity index (χ2n) is 6.78. The minimum Gasteiger partial charge on any atom is -0.495 e. The molecule has 1 N–H and O–H groups in total. The van der Waals surface area contributed by atoms with Gasteiger partial charge in [0.2, 0.25) is 5.95 Å². The molecule has 2 aromatic rings. The van der Waals surface area contributed by atoms with Gasteiger partial charge in [-0.2, -0.15) is 4.98 Å². The zero-order valence-corrected chi connectivity index (χ0v) is 16.3. The first kappa shape index (κ1) is 18.7. The van der Waals surface area contributed by atoms with Gasteiger partial charge < -0.3 is 15.0 Å². The van der Waals surface area contributed by atoms with Crippen LogP contribution in [0.1, 0.15) is 18.4 Å². The maximum atomic E-state index is 6.45. The van der Waals surface area contributed by atoms with Crippen molar-refractivity contribution in [2.45, 2.75) is 25.4 Å². The second-order valence-corrected chi connectivity index (χ2v) is 7.16. The van der Waals surface area contributed by atoms with Crippen molar-refractivity contribution in [2.24, 2.45) is 0 Å². The van der Waals surface area contributed by atoms with Crippen LogP contribution in [0.4, 0.5) is 11.8 Å². The van der Waals surface area contributed by atoms with E-state index in [2.05, 4.69) is 26.3 Å². The molecule has 3 rings (SSSR count). The summed E-state index contributed by atoms with van der Waals surface area (Å²) in [6, 6.07) is 8.17. The van der Waals surface area contributed by atoms with E-state index in [1.165, 1.54) is 0 Å². The molecule has 1 aromatic carbocycles. The summed E-state index contributed by atoms with van der Waals surface area (Å²) in [6.45, 7) is 2.81. The van der Waals surface area contributed by atoms with Gasteiger partial charge in [-0.1, -0.05) is 23.7 Å². The number of aromatic nitrogens is 2. The van der Waals surface area contributed by atoms with Gasteiger partial charge in [0.1, 0.15) is 11.6 Å². The van der Waals surface area contributed by atoms with Gasteiger partial charge in [0.15, 0.2) is 0 Å². The molecule has 0 bridgehead atoms. The third-order valence-electron chi connectivity index (χ3n) is 4.59. The fraction of sp³-hybridized carbons (Fsp3) is 0.474. The van der Waals surface area contributed by atoms with E-state index in [-0.39, 0.29) is 0 Å². The zero-order valence-electron chi connectivity index (χ0n) is 15.6. The molecule has 2 heterocycles. The zero-order chi connectivity index (χ0) is 18.5. The molecule has 1 saturated heterocycles. The number of hydrogen-bond acceptors (Lipinski definition) is 6. The standard InChI is InChI=1S/C19H26ClN5O/c1-24(2)17-9-10-21-19(23-17)22-15-7-5-11-25(13-15)12-14-6-4-8-16(26-3)18(14)20/h4,6,8-10,15H,5,7,11-13H2,1-3H3,(H,21,22,23). The van der Waals surface area contributed by atoms with Crippen molar-refractivity contribution in [3.8, 4) is 5.75 Å². The molecule has 7 heteroatoms. The normalized spacial score (nSPS) is 17.8. The van der Waals surface area contributed by atoms with E-state index in [0.717, 1.165) is 49.6 Å². The maximum absolute atomic E-state index is 6.45. The van der Waals surface area contributed by atoms with Crippen molar-refractivity contribution in [2.75, 3.05) is 44.5 Å². The summed E-state index contributed by atoms with van der Waals surface area (Å²) in [5, 5.41) is 4.18. The van der Waals surface area contributed by atoms with Crippen molar-refractivity contribution in [3.63, 3.8) is 0 Å². The molecule has 0 aliphatic carbocycles. The average Bonchev–Trinajstić information content (AvgIpc) is 2.64. The molecule has 0 radical (unpaired) electrons. The van der Waals surface area contributed by atoms with Crippen LogP contribution < -0.4 is 15.0 Å². The third kappa shape index (κ3) is 4.56. The van der Waals surface area contributed by atoms with E-state index < -0.39 is 0 Å². The third-order valence-corrected chi connectivity index (χ3v) is 5.02. The average molecular weight is 376 g/mol. The van der Waals surface area contributed by atoms with Crippen molar-refractivity contribution >= 4 is 23.4 Å². The molecule has 1 aliphatic rings. The van der Waals surface area contributed by atoms with Crippen molar-refractivity contribution in [1.29, 1.82) is 0 Å². The van der Waals surface area contributed by atoms with Crippen LogP contribution in [0.15, 0.2) is 30.5 Å². The van der Waals surface area contributed by atoms with Crippen molar-refractivity contribution < 1.29 is 4.74 Å². The molecule has 6 nitrogen and oxygen atoms in total. The Balaban J connectivity index is 1.64. The fourth-order valence-corrected chi connectivity index (χ4v) is 3.51. The lowest BCUT2D eigenvalue weighted by atomic mass is 10.0. The molecule has 140 valence electrons. The van der Waals surface area contributed by atoms with E-state index in [1.807, 2.05) is 37.2 Å². The summed E-state index contributed by atoms with van der Waals surface area (Å²) in [4.78, 5) is 13.3. The van der Waals surface area contributed by atoms with Crippen molar-refractivity contribution in [1.82, 2.24) is 14.9 Å². The topological polar surface area (TPSA) is 53.5 Å². The Morgan fingerprint density at radius 1 is 1.35 bits per heavy atom. The SMILES string of the molecule is COc1cccc(CN2CCCC(Nc3nccc(N(C)C)n3)C2)c1Cl. The van der Waals surface area contributed by atoms with Gasteiger partial charge in [-0.05, 0) is 37.1 Å². The predicted molar refractivity (Wildman–Crippen MR) is 106 cm³/mol. The van der Waals surface area contributed by atoms with Gasteiger partial charge in [-0.25, -0.2) is 4.98 Å². The van der Waals surface area contributed by atoms with Crippen LogP contribution in [0.3, 0.4) is 0 Å². The first-order valence-electron chi connectivity index (χ1n) is 8.87. The summed E-state index contributed by atoms with van der Waals surface area (Å²) in [6.07, 6.45) is 4.03. The van der Waals surface area contributed by atoms with Gasteiger partial charge in [0, 0.05) is 39.4 Å². The lowest BCUT2D eigenvalue weighted by Crippen LogP contribution is -2.42. The maximum Gasteiger partial charge on any atom is 0.224 e. The number of halogens is 1. The first-order valence-corrected chi connectivity index (χ1v) is 9.25. The van der Waals surface area contributed by atoms with Gasteiger partial charge in [0.25, 0.3) is 0 Å². The van der Waals surface area contributed by atoms with Crippen LogP contribution in [-0.4, -0.2) is 55.2 Å². The Bertz CT molecular complexity index is 740. The molecule has 1 fully saturated rings. The highest BCUT2D eigenvalue weighted by atomic mass is 35.5. The largest absolute Gasteiger partial charge is 0.495 e. The number of methoxy groups -OCH3 is 1. The summed E-state index contributed by atoms with van der Waals surface area (Å²) in [5.41, 5.74) is 1.09. The molecular formula is C19H26ClN5O. The minimum absolute atomic E-state index is 0.325. The molecule has 1 aliphatic heterocycles. The van der Waals surface area contributed by atoms with Crippen LogP contribution in [-0.2, 0) is 6.54 Å². The Labute approximate surface area is 160 Å². The minimum atomic E-state index is 0.325. The molecular weight excluding hydrogens is 350 g/mol. The Morgan fingerprint density at radius 2 is 2.19 bits per heavy atom. The van der Waals surface area contributed by atoms with Gasteiger partial charge in [-0.15, -0.1) is 0 Å². The van der Waals surface area contributed by atoms with Crippen LogP contribution in [0.25, 0.3) is 0 Å². The van der Waals surface area contributed by atoms with Gasteiger partial charge in [0.05, 0.1) is 12.1 Å². The van der Waals surface area contributed by atoms with E-state index in [0.29, 0.717) is 17.0 Å². The second kappa shape index (κ2) is 8.56. The monoisotopic (exact) mass is 375 g/mol. The smallest absolute Gasteiger partial charge is 0.224 e. The number of anilines is 2. The lowest BCUT2D eigenvalue weighted by Gasteiger charge is -2.33. The highest BCUT2D eigenvalue weighted by Gasteiger charge is 2.21. The number of likely N-dealkylation sites (tertiary alicyclic amines) is 1. The van der Waals surface area contributed by atoms with Crippen LogP contribution in [0.2, 0.25) is 5.02 Å². The Hall–Kier alpha value is -2.05. The molecule has 0 spiro atoms. The highest BCUT2D eigenvalue weighted by Crippen LogP contribution is 2.29. The lowest BCUT2D eigenvalue weighted by molar-refractivity contribution is 0.208. The summed E-state index contributed by atoms with van der Waals surface area (Å²) < 4.78 is 5.32. The van der Waals surface area contributed by atoms with E-state index in [1.54, 1.807) is 13.3 Å². The van der Waals surface area contributed by atoms with E-state index >= 15 is 0 Å². The molecule has 1 atom stereocenters. The van der Waals surface area contributed by atoms with Crippen LogP contribution in [0, 0.1) is 0 Å². The number of piperidine rings is 1. The molecule has 0 saturated carbocycles. The van der Waals surface area contributed by atoms with Gasteiger partial charge in [-0.3, -0.25) is 4.90 Å². The van der Waals surface area contributed by atoms with E-state index in [9.17, 15) is 0 Å². The van der Waals surface area contributed by atoms with Crippen molar-refractivity contribution in [3.05, 3.63) is 41.0 Å². The van der Waals surface area contributed by atoms with Crippen LogP contribution in [0.5, 0.6) is 5.75 Å². The molecule has 1 unspecified atom stereocenters. The first-order chi connectivity index (χ1) is 12.6. The summed E-state index contributed by atoms with van der Waals surface area (Å²) in [5.74, 6) is 2.31. The predicted octanol–water partition coefficient (Wildman–Crippen LogP) is 3.28. The van der Waals surface area contributed by atoms with Crippen LogP contribution >= 0.6 is 11.6 Å². The summed E-state index contributed by atoms with van der Waals surface area (Å²) in [7, 11) is 5.60. The Kier molecular flexibility index (Phi) is 6.16. The molecule has 26 heavy (non-hydrogen) atoms. The fourth-order valence-electron chi connectivity index (χ4n) is 3.24. The number of hydrogen-bond donors (Lipinski definition) is 1. The molecule has 1 aromatic heterocycles. The number of nitrogens with one attached hydrogen (secondary N) is 1. The number of benzene rings is 1. The van der Waals surface area contributed by atoms with E-state index in [4.69, 9.17) is 16.3 Å². The Morgan fingerprint density at radius 3 is 2.96 bits per heavy atom. The van der Waals surface area contributed by atoms with Gasteiger partial charge >= 0.3 is 0 Å². The summed E-state index contributed by atoms with van der Waals surface area (Å²) >= 11 is 6.45. The number of rotatable bonds is 6. The quantitative estimate of drug-likeness (QED) is 0.836.